The minimum absolute atomic E-state index is 0.783. The van der Waals surface area contributed by atoms with Crippen LogP contribution in [0.15, 0.2) is 42.6 Å². The monoisotopic (exact) mass is 380 g/mol. The number of hydrogen-bond acceptors (Lipinski definition) is 4. The van der Waals surface area contributed by atoms with Crippen LogP contribution in [0, 0.1) is 0 Å². The van der Waals surface area contributed by atoms with Crippen LogP contribution in [0.2, 0.25) is 0 Å². The van der Waals surface area contributed by atoms with Crippen LogP contribution in [0.3, 0.4) is 0 Å². The topological polar surface area (TPSA) is 67.2 Å². The Hall–Kier alpha value is -2.37. The average molecular weight is 381 g/mol. The van der Waals surface area contributed by atoms with Crippen LogP contribution in [0.5, 0.6) is 0 Å². The number of hydrogen-bond donors (Lipinski definition) is 2. The Bertz CT molecular complexity index is 874. The fourth-order valence-electron chi connectivity index (χ4n) is 3.79. The summed E-state index contributed by atoms with van der Waals surface area (Å²) >= 11 is 0. The number of fused-ring (bicyclic) bond motifs is 1. The molecule has 5 nitrogen and oxygen atoms in total. The molecular formula is C23H32N4O. The first-order chi connectivity index (χ1) is 13.7. The maximum Gasteiger partial charge on any atom is 0.138 e. The summed E-state index contributed by atoms with van der Waals surface area (Å²) in [4.78, 5) is 10.6. The van der Waals surface area contributed by atoms with E-state index in [1.807, 2.05) is 30.5 Å². The SMILES string of the molecule is CCCN(CCCCCOC)Cc1[nH]c2ncccc2c1-c1cccc(N)c1. The molecule has 0 saturated carbocycles. The second kappa shape index (κ2) is 10.2. The molecule has 0 radical (unpaired) electrons. The van der Waals surface area contributed by atoms with E-state index in [-0.39, 0.29) is 0 Å². The number of anilines is 1. The highest BCUT2D eigenvalue weighted by Gasteiger charge is 2.16. The molecule has 0 unspecified atom stereocenters. The van der Waals surface area contributed by atoms with Crippen LogP contribution in [-0.2, 0) is 11.3 Å². The third-order valence-electron chi connectivity index (χ3n) is 5.07. The molecule has 1 aromatic carbocycles. The van der Waals surface area contributed by atoms with E-state index in [1.54, 1.807) is 7.11 Å². The number of methoxy groups -OCH3 is 1. The number of nitrogens with zero attached hydrogens (tertiary/aromatic N) is 2. The minimum Gasteiger partial charge on any atom is -0.399 e. The number of nitrogen functional groups attached to an aromatic ring is 1. The Morgan fingerprint density at radius 1 is 1.11 bits per heavy atom. The first-order valence-corrected chi connectivity index (χ1v) is 10.3. The molecule has 0 saturated heterocycles. The van der Waals surface area contributed by atoms with Crippen molar-refractivity contribution in [3.05, 3.63) is 48.3 Å². The van der Waals surface area contributed by atoms with Crippen molar-refractivity contribution in [1.82, 2.24) is 14.9 Å². The van der Waals surface area contributed by atoms with Gasteiger partial charge in [-0.3, -0.25) is 4.90 Å². The van der Waals surface area contributed by atoms with E-state index in [9.17, 15) is 0 Å². The quantitative estimate of drug-likeness (QED) is 0.369. The van der Waals surface area contributed by atoms with Crippen LogP contribution in [0.4, 0.5) is 5.69 Å². The second-order valence-corrected chi connectivity index (χ2v) is 7.33. The molecule has 2 heterocycles. The third-order valence-corrected chi connectivity index (χ3v) is 5.07. The number of ether oxygens (including phenoxy) is 1. The highest BCUT2D eigenvalue weighted by molar-refractivity contribution is 5.96. The molecule has 5 heteroatoms. The normalized spacial score (nSPS) is 11.5. The van der Waals surface area contributed by atoms with Gasteiger partial charge in [-0.15, -0.1) is 0 Å². The second-order valence-electron chi connectivity index (χ2n) is 7.33. The first kappa shape index (κ1) is 20.4. The van der Waals surface area contributed by atoms with Crippen LogP contribution < -0.4 is 5.73 Å². The van der Waals surface area contributed by atoms with E-state index < -0.39 is 0 Å². The lowest BCUT2D eigenvalue weighted by Gasteiger charge is -2.22. The van der Waals surface area contributed by atoms with Crippen molar-refractivity contribution in [3.63, 3.8) is 0 Å². The van der Waals surface area contributed by atoms with Gasteiger partial charge in [-0.1, -0.05) is 19.1 Å². The van der Waals surface area contributed by atoms with Gasteiger partial charge in [0.15, 0.2) is 0 Å². The van der Waals surface area contributed by atoms with E-state index in [2.05, 4.69) is 33.9 Å². The number of benzene rings is 1. The Kier molecular flexibility index (Phi) is 7.46. The van der Waals surface area contributed by atoms with Crippen LogP contribution in [-0.4, -0.2) is 41.7 Å². The van der Waals surface area contributed by atoms with Crippen LogP contribution >= 0.6 is 0 Å². The largest absolute Gasteiger partial charge is 0.399 e. The number of nitrogens with two attached hydrogens (primary N) is 1. The number of pyridine rings is 1. The summed E-state index contributed by atoms with van der Waals surface area (Å²) in [7, 11) is 1.77. The average Bonchev–Trinajstić information content (AvgIpc) is 3.05. The van der Waals surface area contributed by atoms with Gasteiger partial charge in [-0.25, -0.2) is 4.98 Å². The van der Waals surface area contributed by atoms with Gasteiger partial charge in [-0.2, -0.15) is 0 Å². The lowest BCUT2D eigenvalue weighted by molar-refractivity contribution is 0.188. The predicted octanol–water partition coefficient (Wildman–Crippen LogP) is 4.84. The Morgan fingerprint density at radius 3 is 2.79 bits per heavy atom. The lowest BCUT2D eigenvalue weighted by atomic mass is 10.0. The van der Waals surface area contributed by atoms with E-state index >= 15 is 0 Å². The fraction of sp³-hybridized carbons (Fsp3) is 0.435. The molecular weight excluding hydrogens is 348 g/mol. The van der Waals surface area contributed by atoms with Crippen molar-refractivity contribution >= 4 is 16.7 Å². The lowest BCUT2D eigenvalue weighted by Crippen LogP contribution is -2.25. The molecule has 0 fully saturated rings. The number of unbranched alkanes of at least 4 members (excludes halogenated alkanes) is 2. The van der Waals surface area contributed by atoms with E-state index in [0.717, 1.165) is 61.4 Å². The van der Waals surface area contributed by atoms with Gasteiger partial charge in [-0.05, 0) is 68.6 Å². The summed E-state index contributed by atoms with van der Waals surface area (Å²) < 4.78 is 5.16. The summed E-state index contributed by atoms with van der Waals surface area (Å²) in [6.45, 7) is 6.16. The maximum atomic E-state index is 6.07. The third kappa shape index (κ3) is 5.12. The zero-order valence-corrected chi connectivity index (χ0v) is 17.1. The highest BCUT2D eigenvalue weighted by Crippen LogP contribution is 2.33. The van der Waals surface area contributed by atoms with Crippen molar-refractivity contribution < 1.29 is 4.74 Å². The van der Waals surface area contributed by atoms with E-state index in [1.165, 1.54) is 24.1 Å². The highest BCUT2D eigenvalue weighted by atomic mass is 16.5. The van der Waals surface area contributed by atoms with Gasteiger partial charge >= 0.3 is 0 Å². The molecule has 0 aliphatic rings. The first-order valence-electron chi connectivity index (χ1n) is 10.3. The molecule has 0 atom stereocenters. The molecule has 150 valence electrons. The molecule has 0 spiro atoms. The molecule has 0 aliphatic heterocycles. The van der Waals surface area contributed by atoms with Crippen molar-refractivity contribution in [2.45, 2.75) is 39.2 Å². The number of H-pyrrole nitrogens is 1. The van der Waals surface area contributed by atoms with Gasteiger partial charge in [0.2, 0.25) is 0 Å². The molecule has 3 N–H and O–H groups in total. The zero-order valence-electron chi connectivity index (χ0n) is 17.1. The molecule has 2 aromatic heterocycles. The van der Waals surface area contributed by atoms with Crippen molar-refractivity contribution in [1.29, 1.82) is 0 Å². The Balaban J connectivity index is 1.85. The number of rotatable bonds is 11. The summed E-state index contributed by atoms with van der Waals surface area (Å²) in [5, 5.41) is 1.15. The van der Waals surface area contributed by atoms with Crippen molar-refractivity contribution in [2.75, 3.05) is 32.5 Å². The fourth-order valence-corrected chi connectivity index (χ4v) is 3.79. The standard InChI is InChI=1S/C23H32N4O/c1-3-13-27(14-5-4-6-15-28-2)17-21-22(18-9-7-10-19(24)16-18)20-11-8-12-25-23(20)26-21/h7-12,16H,3-6,13-15,17,24H2,1-2H3,(H,25,26). The van der Waals surface area contributed by atoms with Crippen LogP contribution in [0.1, 0.15) is 38.3 Å². The predicted molar refractivity (Wildman–Crippen MR) is 117 cm³/mol. The molecule has 0 amide bonds. The van der Waals surface area contributed by atoms with Gasteiger partial charge in [0, 0.05) is 48.8 Å². The smallest absolute Gasteiger partial charge is 0.138 e. The molecule has 3 aromatic rings. The number of aromatic amines is 1. The van der Waals surface area contributed by atoms with Crippen molar-refractivity contribution in [3.8, 4) is 11.1 Å². The van der Waals surface area contributed by atoms with Gasteiger partial charge in [0.05, 0.1) is 0 Å². The Labute approximate surface area is 167 Å². The van der Waals surface area contributed by atoms with Gasteiger partial charge in [0.1, 0.15) is 5.65 Å². The summed E-state index contributed by atoms with van der Waals surface area (Å²) in [6, 6.07) is 12.3. The van der Waals surface area contributed by atoms with Crippen molar-refractivity contribution in [2.24, 2.45) is 0 Å². The molecule has 28 heavy (non-hydrogen) atoms. The van der Waals surface area contributed by atoms with Gasteiger partial charge in [0.25, 0.3) is 0 Å². The minimum atomic E-state index is 0.783. The van der Waals surface area contributed by atoms with E-state index in [4.69, 9.17) is 10.5 Å². The molecule has 0 bridgehead atoms. The van der Waals surface area contributed by atoms with Gasteiger partial charge < -0.3 is 15.5 Å². The zero-order chi connectivity index (χ0) is 19.8. The summed E-state index contributed by atoms with van der Waals surface area (Å²) in [6.07, 6.45) is 6.50. The number of nitrogens with one attached hydrogen (secondary N) is 1. The molecule has 0 aliphatic carbocycles. The maximum absolute atomic E-state index is 6.07. The van der Waals surface area contributed by atoms with E-state index in [0.29, 0.717) is 0 Å². The van der Waals surface area contributed by atoms with Crippen LogP contribution in [0.25, 0.3) is 22.2 Å². The summed E-state index contributed by atoms with van der Waals surface area (Å²) in [5.41, 5.74) is 11.4. The molecule has 3 rings (SSSR count). The summed E-state index contributed by atoms with van der Waals surface area (Å²) in [5.74, 6) is 0. The Morgan fingerprint density at radius 2 is 2.00 bits per heavy atom. The number of aromatic nitrogens is 2.